The molecule has 2 aromatic rings. The SMILES string of the molecule is CN(Cc1ccc(F)c(F)c1)C(=O)c1csc(Br)c1. The van der Waals surface area contributed by atoms with Crippen molar-refractivity contribution >= 4 is 33.2 Å². The van der Waals surface area contributed by atoms with Crippen LogP contribution in [-0.2, 0) is 6.54 Å². The van der Waals surface area contributed by atoms with Crippen LogP contribution in [-0.4, -0.2) is 17.9 Å². The Labute approximate surface area is 121 Å². The van der Waals surface area contributed by atoms with Gasteiger partial charge in [0, 0.05) is 19.0 Å². The third kappa shape index (κ3) is 3.39. The lowest BCUT2D eigenvalue weighted by molar-refractivity contribution is 0.0785. The second-order valence-corrected chi connectivity index (χ2v) is 6.34. The molecule has 100 valence electrons. The Morgan fingerprint density at radius 3 is 2.63 bits per heavy atom. The zero-order valence-corrected chi connectivity index (χ0v) is 12.4. The van der Waals surface area contributed by atoms with Crippen LogP contribution in [0.4, 0.5) is 8.78 Å². The lowest BCUT2D eigenvalue weighted by Gasteiger charge is -2.16. The molecule has 0 atom stereocenters. The van der Waals surface area contributed by atoms with Gasteiger partial charge in [0.1, 0.15) is 0 Å². The van der Waals surface area contributed by atoms with Crippen LogP contribution in [0.15, 0.2) is 33.4 Å². The molecule has 0 saturated heterocycles. The predicted molar refractivity (Wildman–Crippen MR) is 74.2 cm³/mol. The van der Waals surface area contributed by atoms with E-state index in [4.69, 9.17) is 0 Å². The van der Waals surface area contributed by atoms with Crippen LogP contribution in [0.2, 0.25) is 0 Å². The number of nitrogens with zero attached hydrogens (tertiary/aromatic N) is 1. The molecule has 0 unspecified atom stereocenters. The number of benzene rings is 1. The molecular weight excluding hydrogens is 336 g/mol. The van der Waals surface area contributed by atoms with Crippen molar-refractivity contribution in [3.8, 4) is 0 Å². The molecule has 0 aliphatic rings. The zero-order chi connectivity index (χ0) is 14.0. The average Bonchev–Trinajstić information content (AvgIpc) is 2.79. The maximum atomic E-state index is 13.1. The molecule has 0 fully saturated rings. The predicted octanol–water partition coefficient (Wildman–Crippen LogP) is 4.06. The minimum absolute atomic E-state index is 0.160. The number of halogens is 3. The molecule has 0 spiro atoms. The molecule has 2 nitrogen and oxygen atoms in total. The minimum atomic E-state index is -0.906. The summed E-state index contributed by atoms with van der Waals surface area (Å²) >= 11 is 4.71. The van der Waals surface area contributed by atoms with Crippen molar-refractivity contribution in [2.75, 3.05) is 7.05 Å². The fourth-order valence-corrected chi connectivity index (χ4v) is 2.76. The second-order valence-electron chi connectivity index (χ2n) is 4.05. The lowest BCUT2D eigenvalue weighted by atomic mass is 10.2. The molecule has 1 aromatic heterocycles. The van der Waals surface area contributed by atoms with E-state index in [1.807, 2.05) is 0 Å². The summed E-state index contributed by atoms with van der Waals surface area (Å²) in [7, 11) is 1.62. The Morgan fingerprint density at radius 2 is 2.05 bits per heavy atom. The van der Waals surface area contributed by atoms with Crippen LogP contribution in [0.1, 0.15) is 15.9 Å². The molecule has 19 heavy (non-hydrogen) atoms. The molecule has 6 heteroatoms. The van der Waals surface area contributed by atoms with E-state index in [9.17, 15) is 13.6 Å². The van der Waals surface area contributed by atoms with Gasteiger partial charge in [0.2, 0.25) is 0 Å². The van der Waals surface area contributed by atoms with Gasteiger partial charge in [-0.2, -0.15) is 0 Å². The highest BCUT2D eigenvalue weighted by molar-refractivity contribution is 9.11. The van der Waals surface area contributed by atoms with E-state index in [1.165, 1.54) is 22.3 Å². The van der Waals surface area contributed by atoms with Gasteiger partial charge in [-0.3, -0.25) is 4.79 Å². The molecule has 1 aromatic carbocycles. The van der Waals surface area contributed by atoms with Crippen molar-refractivity contribution in [1.29, 1.82) is 0 Å². The molecule has 0 N–H and O–H groups in total. The second kappa shape index (κ2) is 5.79. The maximum Gasteiger partial charge on any atom is 0.254 e. The highest BCUT2D eigenvalue weighted by Gasteiger charge is 2.14. The smallest absolute Gasteiger partial charge is 0.254 e. The maximum absolute atomic E-state index is 13.1. The molecular formula is C13H10BrF2NOS. The van der Waals surface area contributed by atoms with Crippen molar-refractivity contribution in [2.45, 2.75) is 6.54 Å². The van der Waals surface area contributed by atoms with Gasteiger partial charge in [0.15, 0.2) is 11.6 Å². The minimum Gasteiger partial charge on any atom is -0.337 e. The standard InChI is InChI=1S/C13H10BrF2NOS/c1-17(13(18)9-5-12(14)19-7-9)6-8-2-3-10(15)11(16)4-8/h2-5,7H,6H2,1H3. The van der Waals surface area contributed by atoms with Crippen molar-refractivity contribution in [3.63, 3.8) is 0 Å². The Kier molecular flexibility index (Phi) is 4.31. The lowest BCUT2D eigenvalue weighted by Crippen LogP contribution is -2.25. The molecule has 1 amide bonds. The van der Waals surface area contributed by atoms with Crippen molar-refractivity contribution in [3.05, 3.63) is 56.2 Å². The largest absolute Gasteiger partial charge is 0.337 e. The summed E-state index contributed by atoms with van der Waals surface area (Å²) in [6, 6.07) is 5.35. The van der Waals surface area contributed by atoms with Gasteiger partial charge in [-0.15, -0.1) is 11.3 Å². The van der Waals surface area contributed by atoms with E-state index >= 15 is 0 Å². The first-order valence-electron chi connectivity index (χ1n) is 5.41. The van der Waals surface area contributed by atoms with Gasteiger partial charge >= 0.3 is 0 Å². The number of hydrogen-bond donors (Lipinski definition) is 0. The summed E-state index contributed by atoms with van der Waals surface area (Å²) in [4.78, 5) is 13.5. The molecule has 0 saturated carbocycles. The van der Waals surface area contributed by atoms with Gasteiger partial charge in [0.25, 0.3) is 5.91 Å². The van der Waals surface area contributed by atoms with Crippen LogP contribution in [0.5, 0.6) is 0 Å². The number of amides is 1. The molecule has 0 aliphatic carbocycles. The Morgan fingerprint density at radius 1 is 1.32 bits per heavy atom. The Bertz CT molecular complexity index is 614. The van der Waals surface area contributed by atoms with Crippen LogP contribution in [0.3, 0.4) is 0 Å². The fourth-order valence-electron chi connectivity index (χ4n) is 1.63. The molecule has 0 radical (unpaired) electrons. The number of hydrogen-bond acceptors (Lipinski definition) is 2. The van der Waals surface area contributed by atoms with Gasteiger partial charge in [-0.25, -0.2) is 8.78 Å². The van der Waals surface area contributed by atoms with Crippen molar-refractivity contribution in [1.82, 2.24) is 4.90 Å². The summed E-state index contributed by atoms with van der Waals surface area (Å²) in [6.07, 6.45) is 0. The van der Waals surface area contributed by atoms with Gasteiger partial charge in [0.05, 0.1) is 9.35 Å². The highest BCUT2D eigenvalue weighted by atomic mass is 79.9. The van der Waals surface area contributed by atoms with Crippen LogP contribution in [0, 0.1) is 11.6 Å². The average molecular weight is 346 g/mol. The first-order valence-corrected chi connectivity index (χ1v) is 7.08. The van der Waals surface area contributed by atoms with Crippen molar-refractivity contribution < 1.29 is 13.6 Å². The summed E-state index contributed by atoms with van der Waals surface area (Å²) in [5.41, 5.74) is 1.12. The number of carbonyl (C=O) groups excluding carboxylic acids is 1. The summed E-state index contributed by atoms with van der Waals surface area (Å²) < 4.78 is 26.7. The molecule has 0 aliphatic heterocycles. The Hall–Kier alpha value is -1.27. The van der Waals surface area contributed by atoms with E-state index in [0.29, 0.717) is 11.1 Å². The number of carbonyl (C=O) groups is 1. The number of rotatable bonds is 3. The monoisotopic (exact) mass is 345 g/mol. The topological polar surface area (TPSA) is 20.3 Å². The summed E-state index contributed by atoms with van der Waals surface area (Å²) in [5.74, 6) is -1.96. The molecule has 2 rings (SSSR count). The summed E-state index contributed by atoms with van der Waals surface area (Å²) in [6.45, 7) is 0.226. The highest BCUT2D eigenvalue weighted by Crippen LogP contribution is 2.22. The van der Waals surface area contributed by atoms with Crippen LogP contribution in [0.25, 0.3) is 0 Å². The summed E-state index contributed by atoms with van der Waals surface area (Å²) in [5, 5.41) is 1.74. The zero-order valence-electron chi connectivity index (χ0n) is 9.99. The van der Waals surface area contributed by atoms with E-state index < -0.39 is 11.6 Å². The van der Waals surface area contributed by atoms with E-state index in [1.54, 1.807) is 18.5 Å². The van der Waals surface area contributed by atoms with E-state index in [2.05, 4.69) is 15.9 Å². The molecule has 0 bridgehead atoms. The van der Waals surface area contributed by atoms with Crippen LogP contribution >= 0.6 is 27.3 Å². The first-order chi connectivity index (χ1) is 8.97. The molecule has 1 heterocycles. The van der Waals surface area contributed by atoms with Gasteiger partial charge in [-0.1, -0.05) is 6.07 Å². The third-order valence-electron chi connectivity index (χ3n) is 2.56. The van der Waals surface area contributed by atoms with Gasteiger partial charge in [-0.05, 0) is 39.7 Å². The van der Waals surface area contributed by atoms with Gasteiger partial charge < -0.3 is 4.90 Å². The normalized spacial score (nSPS) is 10.5. The van der Waals surface area contributed by atoms with E-state index in [-0.39, 0.29) is 12.5 Å². The number of thiophene rings is 1. The fraction of sp³-hybridized carbons (Fsp3) is 0.154. The first kappa shape index (κ1) is 14.1. The van der Waals surface area contributed by atoms with Crippen LogP contribution < -0.4 is 0 Å². The van der Waals surface area contributed by atoms with E-state index in [0.717, 1.165) is 15.9 Å². The third-order valence-corrected chi connectivity index (χ3v) is 4.07. The quantitative estimate of drug-likeness (QED) is 0.821. The Balaban J connectivity index is 2.10. The van der Waals surface area contributed by atoms with Crippen molar-refractivity contribution in [2.24, 2.45) is 0 Å².